The molecular formula is C18H18O3. The summed E-state index contributed by atoms with van der Waals surface area (Å²) in [4.78, 5) is 12.2. The van der Waals surface area contributed by atoms with Crippen molar-refractivity contribution in [3.63, 3.8) is 0 Å². The standard InChI is InChI=1S/C18H18O3/c1-17(2,3)21-18(13-9-5-4-6-10-13)15-12-8-7-11-14(15)16(19)20-18/h4-12H,1-3H3. The van der Waals surface area contributed by atoms with Gasteiger partial charge in [0.05, 0.1) is 11.2 Å². The second kappa shape index (κ2) is 4.71. The minimum absolute atomic E-state index is 0.348. The normalized spacial score (nSPS) is 21.0. The second-order valence-electron chi connectivity index (χ2n) is 6.13. The van der Waals surface area contributed by atoms with Crippen molar-refractivity contribution >= 4 is 5.97 Å². The number of esters is 1. The van der Waals surface area contributed by atoms with Gasteiger partial charge in [0.1, 0.15) is 0 Å². The molecule has 0 saturated heterocycles. The molecule has 3 nitrogen and oxygen atoms in total. The van der Waals surface area contributed by atoms with Gasteiger partial charge in [0.15, 0.2) is 0 Å². The van der Waals surface area contributed by atoms with Gasteiger partial charge in [-0.15, -0.1) is 0 Å². The van der Waals surface area contributed by atoms with Gasteiger partial charge >= 0.3 is 5.97 Å². The summed E-state index contributed by atoms with van der Waals surface area (Å²) in [6.07, 6.45) is 0. The number of carbonyl (C=O) groups is 1. The first-order chi connectivity index (χ1) is 9.92. The fourth-order valence-corrected chi connectivity index (χ4v) is 2.63. The van der Waals surface area contributed by atoms with E-state index in [1.54, 1.807) is 6.07 Å². The Labute approximate surface area is 124 Å². The molecule has 21 heavy (non-hydrogen) atoms. The lowest BCUT2D eigenvalue weighted by Gasteiger charge is -2.35. The van der Waals surface area contributed by atoms with Gasteiger partial charge in [0.25, 0.3) is 5.79 Å². The highest BCUT2D eigenvalue weighted by Gasteiger charge is 2.50. The van der Waals surface area contributed by atoms with Gasteiger partial charge in [-0.1, -0.05) is 48.5 Å². The number of ether oxygens (including phenoxy) is 2. The molecule has 1 heterocycles. The summed E-state index contributed by atoms with van der Waals surface area (Å²) in [6.45, 7) is 5.85. The molecule has 2 aromatic rings. The number of carbonyl (C=O) groups excluding carboxylic acids is 1. The number of rotatable bonds is 2. The quantitative estimate of drug-likeness (QED) is 0.784. The van der Waals surface area contributed by atoms with Crippen molar-refractivity contribution in [3.8, 4) is 0 Å². The van der Waals surface area contributed by atoms with E-state index >= 15 is 0 Å². The van der Waals surface area contributed by atoms with Crippen LogP contribution in [0.25, 0.3) is 0 Å². The summed E-state index contributed by atoms with van der Waals surface area (Å²) in [7, 11) is 0. The van der Waals surface area contributed by atoms with E-state index in [9.17, 15) is 4.79 Å². The second-order valence-corrected chi connectivity index (χ2v) is 6.13. The van der Waals surface area contributed by atoms with Crippen LogP contribution < -0.4 is 0 Å². The third-order valence-corrected chi connectivity index (χ3v) is 3.34. The zero-order valence-corrected chi connectivity index (χ0v) is 12.4. The molecule has 0 bridgehead atoms. The van der Waals surface area contributed by atoms with Crippen LogP contribution in [0.4, 0.5) is 0 Å². The monoisotopic (exact) mass is 282 g/mol. The fourth-order valence-electron chi connectivity index (χ4n) is 2.63. The topological polar surface area (TPSA) is 35.5 Å². The number of hydrogen-bond donors (Lipinski definition) is 0. The van der Waals surface area contributed by atoms with Crippen LogP contribution in [-0.2, 0) is 15.3 Å². The highest BCUT2D eigenvalue weighted by molar-refractivity contribution is 5.95. The van der Waals surface area contributed by atoms with Gasteiger partial charge in [-0.05, 0) is 26.8 Å². The zero-order valence-electron chi connectivity index (χ0n) is 12.4. The smallest absolute Gasteiger partial charge is 0.341 e. The molecule has 0 spiro atoms. The summed E-state index contributed by atoms with van der Waals surface area (Å²) < 4.78 is 11.9. The van der Waals surface area contributed by atoms with Crippen molar-refractivity contribution in [2.45, 2.75) is 32.2 Å². The van der Waals surface area contributed by atoms with E-state index < -0.39 is 11.4 Å². The van der Waals surface area contributed by atoms with E-state index in [1.165, 1.54) is 0 Å². The van der Waals surface area contributed by atoms with E-state index in [2.05, 4.69) is 0 Å². The molecular weight excluding hydrogens is 264 g/mol. The third-order valence-electron chi connectivity index (χ3n) is 3.34. The van der Waals surface area contributed by atoms with Gasteiger partial charge in [-0.3, -0.25) is 0 Å². The molecule has 1 aliphatic rings. The Bertz CT molecular complexity index is 670. The molecule has 108 valence electrons. The lowest BCUT2D eigenvalue weighted by atomic mass is 9.94. The van der Waals surface area contributed by atoms with Crippen molar-refractivity contribution in [1.82, 2.24) is 0 Å². The summed E-state index contributed by atoms with van der Waals surface area (Å²) in [6, 6.07) is 17.0. The SMILES string of the molecule is CC(C)(C)OC1(c2ccccc2)OC(=O)c2ccccc21. The number of benzene rings is 2. The Morgan fingerprint density at radius 1 is 0.952 bits per heavy atom. The van der Waals surface area contributed by atoms with E-state index in [4.69, 9.17) is 9.47 Å². The average Bonchev–Trinajstić information content (AvgIpc) is 2.73. The predicted octanol–water partition coefficient (Wildman–Crippen LogP) is 3.87. The Hall–Kier alpha value is -2.13. The molecule has 1 aliphatic heterocycles. The molecule has 0 N–H and O–H groups in total. The maximum Gasteiger partial charge on any atom is 0.341 e. The number of hydrogen-bond acceptors (Lipinski definition) is 3. The molecule has 0 aromatic heterocycles. The average molecular weight is 282 g/mol. The van der Waals surface area contributed by atoms with Crippen LogP contribution in [0.3, 0.4) is 0 Å². The maximum absolute atomic E-state index is 12.2. The van der Waals surface area contributed by atoms with Gasteiger partial charge in [-0.2, -0.15) is 0 Å². The molecule has 3 heteroatoms. The van der Waals surface area contributed by atoms with Gasteiger partial charge in [0.2, 0.25) is 0 Å². The first-order valence-electron chi connectivity index (χ1n) is 7.01. The van der Waals surface area contributed by atoms with Crippen LogP contribution in [0.2, 0.25) is 0 Å². The molecule has 1 atom stereocenters. The van der Waals surface area contributed by atoms with Crippen LogP contribution in [0.15, 0.2) is 54.6 Å². The lowest BCUT2D eigenvalue weighted by molar-refractivity contribution is -0.227. The largest absolute Gasteiger partial charge is 0.420 e. The maximum atomic E-state index is 12.2. The predicted molar refractivity (Wildman–Crippen MR) is 79.9 cm³/mol. The Kier molecular flexibility index (Phi) is 3.10. The minimum Gasteiger partial charge on any atom is -0.420 e. The fraction of sp³-hybridized carbons (Fsp3) is 0.278. The van der Waals surface area contributed by atoms with Crippen LogP contribution in [-0.4, -0.2) is 11.6 Å². The third kappa shape index (κ3) is 2.34. The van der Waals surface area contributed by atoms with E-state index in [0.717, 1.165) is 11.1 Å². The van der Waals surface area contributed by atoms with Crippen molar-refractivity contribution in [1.29, 1.82) is 0 Å². The zero-order chi connectivity index (χ0) is 15.1. The highest BCUT2D eigenvalue weighted by Crippen LogP contribution is 2.45. The Morgan fingerprint density at radius 3 is 2.24 bits per heavy atom. The van der Waals surface area contributed by atoms with Crippen LogP contribution in [0.1, 0.15) is 42.3 Å². The first kappa shape index (κ1) is 13.8. The summed E-state index contributed by atoms with van der Waals surface area (Å²) in [5.74, 6) is -1.52. The van der Waals surface area contributed by atoms with Crippen LogP contribution >= 0.6 is 0 Å². The van der Waals surface area contributed by atoms with E-state index in [1.807, 2.05) is 69.3 Å². The summed E-state index contributed by atoms with van der Waals surface area (Å²) in [5.41, 5.74) is 1.67. The number of cyclic esters (lactones) is 1. The molecule has 0 aliphatic carbocycles. The molecule has 0 saturated carbocycles. The Balaban J connectivity index is 2.23. The van der Waals surface area contributed by atoms with Gasteiger partial charge in [-0.25, -0.2) is 4.79 Å². The summed E-state index contributed by atoms with van der Waals surface area (Å²) >= 11 is 0. The molecule has 0 fully saturated rings. The number of fused-ring (bicyclic) bond motifs is 1. The van der Waals surface area contributed by atoms with Crippen molar-refractivity contribution in [2.75, 3.05) is 0 Å². The Morgan fingerprint density at radius 2 is 1.57 bits per heavy atom. The van der Waals surface area contributed by atoms with Crippen molar-refractivity contribution < 1.29 is 14.3 Å². The molecule has 1 unspecified atom stereocenters. The lowest BCUT2D eigenvalue weighted by Crippen LogP contribution is -2.39. The molecule has 2 aromatic carbocycles. The van der Waals surface area contributed by atoms with Crippen molar-refractivity contribution in [2.24, 2.45) is 0 Å². The van der Waals surface area contributed by atoms with Crippen LogP contribution in [0.5, 0.6) is 0 Å². The first-order valence-corrected chi connectivity index (χ1v) is 7.01. The van der Waals surface area contributed by atoms with E-state index in [0.29, 0.717) is 5.56 Å². The van der Waals surface area contributed by atoms with E-state index in [-0.39, 0.29) is 5.97 Å². The molecule has 0 amide bonds. The molecule has 3 rings (SSSR count). The highest BCUT2D eigenvalue weighted by atomic mass is 16.7. The minimum atomic E-state index is -1.17. The molecule has 0 radical (unpaired) electrons. The van der Waals surface area contributed by atoms with Crippen molar-refractivity contribution in [3.05, 3.63) is 71.3 Å². The van der Waals surface area contributed by atoms with Gasteiger partial charge < -0.3 is 9.47 Å². The van der Waals surface area contributed by atoms with Crippen LogP contribution in [0, 0.1) is 0 Å². The van der Waals surface area contributed by atoms with Gasteiger partial charge in [0, 0.05) is 11.1 Å². The summed E-state index contributed by atoms with van der Waals surface area (Å²) in [5, 5.41) is 0.